The molecule has 272 valence electrons. The molecular formula is C35H45F3N6O5S. The zero-order valence-electron chi connectivity index (χ0n) is 29.7. The van der Waals surface area contributed by atoms with Gasteiger partial charge >= 0.3 is 11.9 Å². The van der Waals surface area contributed by atoms with Gasteiger partial charge in [0.25, 0.3) is 5.92 Å². The number of carbonyl (C=O) groups is 3. The number of fused-ring (bicyclic) bond motifs is 1. The predicted molar refractivity (Wildman–Crippen MR) is 182 cm³/mol. The van der Waals surface area contributed by atoms with Crippen molar-refractivity contribution in [2.75, 3.05) is 32.8 Å². The van der Waals surface area contributed by atoms with Crippen molar-refractivity contribution < 1.29 is 37.0 Å². The van der Waals surface area contributed by atoms with E-state index in [4.69, 9.17) is 14.5 Å². The number of aromatic nitrogens is 1. The number of halogens is 3. The first-order chi connectivity index (χ1) is 23.3. The van der Waals surface area contributed by atoms with Crippen molar-refractivity contribution in [2.24, 2.45) is 10.4 Å². The second kappa shape index (κ2) is 14.1. The van der Waals surface area contributed by atoms with Crippen molar-refractivity contribution in [3.8, 4) is 0 Å². The maximum Gasteiger partial charge on any atom is 0.338 e. The van der Waals surface area contributed by atoms with Crippen LogP contribution in [0.2, 0.25) is 0 Å². The van der Waals surface area contributed by atoms with E-state index in [0.717, 1.165) is 0 Å². The van der Waals surface area contributed by atoms with Crippen LogP contribution >= 0.6 is 11.3 Å². The van der Waals surface area contributed by atoms with E-state index in [1.54, 1.807) is 71.0 Å². The van der Waals surface area contributed by atoms with Crippen LogP contribution in [0.1, 0.15) is 77.1 Å². The number of ether oxygens (including phenoxy) is 2. The quantitative estimate of drug-likeness (QED) is 0.338. The Morgan fingerprint density at radius 2 is 1.88 bits per heavy atom. The van der Waals surface area contributed by atoms with Crippen LogP contribution in [0.15, 0.2) is 46.0 Å². The highest BCUT2D eigenvalue weighted by Gasteiger charge is 2.62. The first-order valence-corrected chi connectivity index (χ1v) is 17.5. The molecule has 4 heterocycles. The minimum Gasteiger partial charge on any atom is -0.463 e. The SMILES string of the molecule is CCOC(=O)C1=C(CN2CC(F)(F)C3C2CN(C(C)=O)N3CCC(C)(C)C(=O)OC(C)(C)C)NC(c2nccs2)=N[C@H]1c1cccc(F)c1C. The highest BCUT2D eigenvalue weighted by atomic mass is 32.1. The minimum absolute atomic E-state index is 0.00716. The summed E-state index contributed by atoms with van der Waals surface area (Å²) in [5.74, 6) is -5.03. The van der Waals surface area contributed by atoms with E-state index in [0.29, 0.717) is 16.4 Å². The van der Waals surface area contributed by atoms with E-state index in [2.05, 4.69) is 10.3 Å². The van der Waals surface area contributed by atoms with Gasteiger partial charge in [0.15, 0.2) is 10.8 Å². The topological polar surface area (TPSA) is 117 Å². The molecule has 3 atom stereocenters. The Morgan fingerprint density at radius 3 is 2.50 bits per heavy atom. The van der Waals surface area contributed by atoms with Gasteiger partial charge in [-0.05, 0) is 72.1 Å². The Hall–Kier alpha value is -3.82. The monoisotopic (exact) mass is 718 g/mol. The van der Waals surface area contributed by atoms with Crippen molar-refractivity contribution in [1.29, 1.82) is 0 Å². The third-order valence-corrected chi connectivity index (χ3v) is 9.95. The molecule has 3 aliphatic rings. The number of alkyl halides is 2. The Morgan fingerprint density at radius 1 is 1.16 bits per heavy atom. The van der Waals surface area contributed by atoms with Gasteiger partial charge in [0.05, 0.1) is 36.7 Å². The van der Waals surface area contributed by atoms with Crippen molar-refractivity contribution >= 4 is 35.0 Å². The molecule has 2 aromatic rings. The summed E-state index contributed by atoms with van der Waals surface area (Å²) >= 11 is 1.30. The van der Waals surface area contributed by atoms with Gasteiger partial charge < -0.3 is 14.8 Å². The largest absolute Gasteiger partial charge is 0.463 e. The lowest BCUT2D eigenvalue weighted by Gasteiger charge is -2.36. The second-order valence-electron chi connectivity index (χ2n) is 14.5. The Bertz CT molecular complexity index is 1690. The highest BCUT2D eigenvalue weighted by molar-refractivity contribution is 7.11. The molecule has 1 N–H and O–H groups in total. The maximum atomic E-state index is 16.2. The molecule has 1 amide bonds. The van der Waals surface area contributed by atoms with Gasteiger partial charge in [-0.25, -0.2) is 28.0 Å². The molecule has 3 aliphatic heterocycles. The van der Waals surface area contributed by atoms with E-state index in [9.17, 15) is 18.8 Å². The van der Waals surface area contributed by atoms with Crippen LogP contribution in [-0.4, -0.2) is 100.0 Å². The van der Waals surface area contributed by atoms with Crippen LogP contribution in [0.5, 0.6) is 0 Å². The normalized spacial score (nSPS) is 22.7. The lowest BCUT2D eigenvalue weighted by molar-refractivity contribution is -0.168. The second-order valence-corrected chi connectivity index (χ2v) is 15.4. The van der Waals surface area contributed by atoms with Crippen LogP contribution in [0.25, 0.3) is 0 Å². The number of hydrogen-bond acceptors (Lipinski definition) is 11. The number of amidine groups is 1. The van der Waals surface area contributed by atoms with E-state index >= 15 is 8.78 Å². The number of amides is 1. The van der Waals surface area contributed by atoms with E-state index in [1.165, 1.54) is 40.4 Å². The summed E-state index contributed by atoms with van der Waals surface area (Å²) in [6, 6.07) is 1.29. The first kappa shape index (κ1) is 37.4. The lowest BCUT2D eigenvalue weighted by atomic mass is 9.89. The fourth-order valence-electron chi connectivity index (χ4n) is 6.65. The average Bonchev–Trinajstić information content (AvgIpc) is 3.74. The summed E-state index contributed by atoms with van der Waals surface area (Å²) < 4.78 is 58.3. The summed E-state index contributed by atoms with van der Waals surface area (Å²) in [6.45, 7) is 12.5. The van der Waals surface area contributed by atoms with Gasteiger partial charge in [0.2, 0.25) is 5.91 Å². The zero-order valence-corrected chi connectivity index (χ0v) is 30.5. The molecule has 0 saturated carbocycles. The summed E-state index contributed by atoms with van der Waals surface area (Å²) in [6.07, 6.45) is 1.75. The standard InChI is InChI=1S/C35H45F3N6O5S/c1-9-48-31(46)26-24(40-29(30-39-14-16-50-30)41-27(26)22-11-10-12-23(36)20(22)2)17-42-19-35(37,38)28-25(42)18-44(21(3)45)43(28)15-13-34(7,8)32(47)49-33(4,5)6/h10-12,14,16,25,27-28H,9,13,15,17-19H2,1-8H3,(H,40,41)/t25?,27-,28?/m0/s1. The number of hydrazine groups is 1. The van der Waals surface area contributed by atoms with E-state index < -0.39 is 65.3 Å². The van der Waals surface area contributed by atoms with Crippen LogP contribution in [0.4, 0.5) is 13.2 Å². The molecule has 0 bridgehead atoms. The van der Waals surface area contributed by atoms with Crippen molar-refractivity contribution in [3.05, 3.63) is 63.0 Å². The maximum absolute atomic E-state index is 16.2. The molecule has 0 aliphatic carbocycles. The molecule has 2 fully saturated rings. The van der Waals surface area contributed by atoms with Crippen molar-refractivity contribution in [1.82, 2.24) is 25.2 Å². The summed E-state index contributed by atoms with van der Waals surface area (Å²) in [4.78, 5) is 50.2. The van der Waals surface area contributed by atoms with Crippen LogP contribution in [0, 0.1) is 18.2 Å². The van der Waals surface area contributed by atoms with E-state index in [-0.39, 0.29) is 49.5 Å². The highest BCUT2D eigenvalue weighted by Crippen LogP contribution is 2.43. The summed E-state index contributed by atoms with van der Waals surface area (Å²) in [5, 5.41) is 8.14. The molecule has 0 spiro atoms. The van der Waals surface area contributed by atoms with Crippen molar-refractivity contribution in [3.63, 3.8) is 0 Å². The molecular weight excluding hydrogens is 673 g/mol. The molecule has 2 saturated heterocycles. The number of nitrogens with one attached hydrogen (secondary N) is 1. The Kier molecular flexibility index (Phi) is 10.5. The molecule has 11 nitrogen and oxygen atoms in total. The van der Waals surface area contributed by atoms with Gasteiger partial charge in [-0.15, -0.1) is 11.3 Å². The average molecular weight is 719 g/mol. The number of hydrogen-bond donors (Lipinski definition) is 1. The molecule has 2 unspecified atom stereocenters. The lowest BCUT2D eigenvalue weighted by Crippen LogP contribution is -2.52. The Balaban J connectivity index is 1.51. The molecule has 50 heavy (non-hydrogen) atoms. The molecule has 1 aromatic heterocycles. The van der Waals surface area contributed by atoms with Gasteiger partial charge in [-0.2, -0.15) is 0 Å². The van der Waals surface area contributed by atoms with Gasteiger partial charge in [0.1, 0.15) is 23.5 Å². The number of carbonyl (C=O) groups excluding carboxylic acids is 3. The van der Waals surface area contributed by atoms with Gasteiger partial charge in [0, 0.05) is 37.3 Å². The van der Waals surface area contributed by atoms with Gasteiger partial charge in [-0.3, -0.25) is 24.5 Å². The van der Waals surface area contributed by atoms with Crippen LogP contribution in [-0.2, 0) is 23.9 Å². The zero-order chi connectivity index (χ0) is 36.8. The van der Waals surface area contributed by atoms with Crippen LogP contribution < -0.4 is 5.32 Å². The third-order valence-electron chi connectivity index (χ3n) is 9.17. The number of nitrogens with zero attached hydrogens (tertiary/aromatic N) is 5. The predicted octanol–water partition coefficient (Wildman–Crippen LogP) is 5.02. The summed E-state index contributed by atoms with van der Waals surface area (Å²) in [7, 11) is 0. The fourth-order valence-corrected chi connectivity index (χ4v) is 7.24. The van der Waals surface area contributed by atoms with Crippen molar-refractivity contribution in [2.45, 2.75) is 91.5 Å². The Labute approximate surface area is 294 Å². The number of benzene rings is 1. The third kappa shape index (κ3) is 7.59. The molecule has 0 radical (unpaired) electrons. The molecule has 1 aromatic carbocycles. The number of aliphatic imine (C=N–C) groups is 1. The summed E-state index contributed by atoms with van der Waals surface area (Å²) in [5.41, 5.74) is -0.681. The first-order valence-electron chi connectivity index (χ1n) is 16.6. The number of rotatable bonds is 10. The number of thiazole rings is 1. The minimum atomic E-state index is -3.27. The van der Waals surface area contributed by atoms with Crippen LogP contribution in [0.3, 0.4) is 0 Å². The number of esters is 2. The molecule has 5 rings (SSSR count). The molecule has 15 heteroatoms. The number of likely N-dealkylation sites (tertiary alicyclic amines) is 1. The fraction of sp³-hybridized carbons (Fsp3) is 0.571. The van der Waals surface area contributed by atoms with E-state index in [1.807, 2.05) is 0 Å². The van der Waals surface area contributed by atoms with Gasteiger partial charge in [-0.1, -0.05) is 12.1 Å². The smallest absolute Gasteiger partial charge is 0.338 e.